The summed E-state index contributed by atoms with van der Waals surface area (Å²) in [6.07, 6.45) is 1.45. The van der Waals surface area contributed by atoms with Crippen LogP contribution in [0, 0.1) is 13.8 Å². The summed E-state index contributed by atoms with van der Waals surface area (Å²) in [5.41, 5.74) is 2.92. The molecule has 0 aromatic heterocycles. The minimum atomic E-state index is -0.519. The first-order chi connectivity index (χ1) is 7.53. The monoisotopic (exact) mass is 220 g/mol. The molecule has 0 amide bonds. The summed E-state index contributed by atoms with van der Waals surface area (Å²) in [5.74, 6) is 0. The Balaban J connectivity index is 2.32. The molecular weight excluding hydrogens is 200 g/mol. The second-order valence-corrected chi connectivity index (χ2v) is 5.03. The molecule has 88 valence electrons. The average Bonchev–Trinajstić information content (AvgIpc) is 2.69. The molecule has 1 heterocycles. The standard InChI is InChI=1S/C14H20O2/c1-10-5-6-11(2)12(9-10)13(15)14(3)7-4-8-16-14/h5-6,9,13,15H,4,7-8H2,1-3H3. The van der Waals surface area contributed by atoms with Crippen molar-refractivity contribution in [3.63, 3.8) is 0 Å². The fraction of sp³-hybridized carbons (Fsp3) is 0.571. The van der Waals surface area contributed by atoms with Crippen molar-refractivity contribution >= 4 is 0 Å². The fourth-order valence-corrected chi connectivity index (χ4v) is 2.40. The van der Waals surface area contributed by atoms with E-state index in [9.17, 15) is 5.11 Å². The highest BCUT2D eigenvalue weighted by Crippen LogP contribution is 2.38. The van der Waals surface area contributed by atoms with Gasteiger partial charge in [0.25, 0.3) is 0 Å². The molecule has 16 heavy (non-hydrogen) atoms. The van der Waals surface area contributed by atoms with E-state index < -0.39 is 11.7 Å². The van der Waals surface area contributed by atoms with E-state index in [1.165, 1.54) is 5.56 Å². The van der Waals surface area contributed by atoms with E-state index in [4.69, 9.17) is 4.74 Å². The van der Waals surface area contributed by atoms with Crippen molar-refractivity contribution in [2.45, 2.75) is 45.3 Å². The normalized spacial score (nSPS) is 27.0. The summed E-state index contributed by atoms with van der Waals surface area (Å²) in [7, 11) is 0. The number of ether oxygens (including phenoxy) is 1. The Kier molecular flexibility index (Phi) is 3.04. The van der Waals surface area contributed by atoms with E-state index in [2.05, 4.69) is 18.2 Å². The number of aliphatic hydroxyl groups is 1. The molecule has 0 spiro atoms. The third-order valence-corrected chi connectivity index (χ3v) is 3.56. The Morgan fingerprint density at radius 1 is 1.38 bits per heavy atom. The zero-order valence-electron chi connectivity index (χ0n) is 10.3. The first-order valence-corrected chi connectivity index (χ1v) is 5.92. The van der Waals surface area contributed by atoms with Crippen molar-refractivity contribution in [2.75, 3.05) is 6.61 Å². The van der Waals surface area contributed by atoms with Crippen LogP contribution in [0.2, 0.25) is 0 Å². The molecule has 0 radical (unpaired) electrons. The van der Waals surface area contributed by atoms with Crippen molar-refractivity contribution in [2.24, 2.45) is 0 Å². The maximum absolute atomic E-state index is 10.5. The van der Waals surface area contributed by atoms with Crippen LogP contribution in [-0.2, 0) is 4.74 Å². The van der Waals surface area contributed by atoms with E-state index in [1.54, 1.807) is 0 Å². The van der Waals surface area contributed by atoms with E-state index in [0.29, 0.717) is 0 Å². The van der Waals surface area contributed by atoms with Crippen molar-refractivity contribution in [3.8, 4) is 0 Å². The molecule has 1 aliphatic heterocycles. The maximum atomic E-state index is 10.5. The van der Waals surface area contributed by atoms with Gasteiger partial charge in [-0.15, -0.1) is 0 Å². The van der Waals surface area contributed by atoms with Crippen LogP contribution in [0.1, 0.15) is 42.6 Å². The highest BCUT2D eigenvalue weighted by Gasteiger charge is 2.38. The summed E-state index contributed by atoms with van der Waals surface area (Å²) in [5, 5.41) is 10.5. The fourth-order valence-electron chi connectivity index (χ4n) is 2.40. The van der Waals surface area contributed by atoms with Crippen molar-refractivity contribution in [3.05, 3.63) is 34.9 Å². The topological polar surface area (TPSA) is 29.5 Å². The number of rotatable bonds is 2. The van der Waals surface area contributed by atoms with E-state index in [-0.39, 0.29) is 0 Å². The van der Waals surface area contributed by atoms with Gasteiger partial charge in [0.2, 0.25) is 0 Å². The van der Waals surface area contributed by atoms with Gasteiger partial charge in [0.15, 0.2) is 0 Å². The number of aryl methyl sites for hydroxylation is 2. The molecular formula is C14H20O2. The van der Waals surface area contributed by atoms with Crippen molar-refractivity contribution in [1.29, 1.82) is 0 Å². The first kappa shape index (κ1) is 11.6. The molecule has 2 unspecified atom stereocenters. The van der Waals surface area contributed by atoms with Gasteiger partial charge in [0.05, 0.1) is 5.60 Å². The van der Waals surface area contributed by atoms with Crippen LogP contribution in [0.4, 0.5) is 0 Å². The molecule has 1 aliphatic rings. The van der Waals surface area contributed by atoms with Crippen molar-refractivity contribution < 1.29 is 9.84 Å². The van der Waals surface area contributed by atoms with Crippen LogP contribution in [0.25, 0.3) is 0 Å². The summed E-state index contributed by atoms with van der Waals surface area (Å²) in [6, 6.07) is 6.20. The Labute approximate surface area is 97.3 Å². The van der Waals surface area contributed by atoms with Gasteiger partial charge >= 0.3 is 0 Å². The molecule has 0 aliphatic carbocycles. The molecule has 0 bridgehead atoms. The summed E-state index contributed by atoms with van der Waals surface area (Å²) < 4.78 is 5.70. The number of aliphatic hydroxyl groups excluding tert-OH is 1. The third kappa shape index (κ3) is 2.00. The van der Waals surface area contributed by atoms with Crippen molar-refractivity contribution in [1.82, 2.24) is 0 Å². The minimum Gasteiger partial charge on any atom is -0.385 e. The van der Waals surface area contributed by atoms with E-state index >= 15 is 0 Å². The van der Waals surface area contributed by atoms with Crippen LogP contribution >= 0.6 is 0 Å². The molecule has 2 heteroatoms. The molecule has 2 atom stereocenters. The van der Waals surface area contributed by atoms with Gasteiger partial charge in [-0.2, -0.15) is 0 Å². The second kappa shape index (κ2) is 4.19. The largest absolute Gasteiger partial charge is 0.385 e. The molecule has 1 N–H and O–H groups in total. The Morgan fingerprint density at radius 2 is 2.12 bits per heavy atom. The van der Waals surface area contributed by atoms with Crippen LogP contribution in [0.15, 0.2) is 18.2 Å². The predicted molar refractivity (Wildman–Crippen MR) is 64.5 cm³/mol. The molecule has 1 aromatic carbocycles. The van der Waals surface area contributed by atoms with Gasteiger partial charge in [-0.05, 0) is 44.7 Å². The van der Waals surface area contributed by atoms with Gasteiger partial charge in [0, 0.05) is 6.61 Å². The minimum absolute atomic E-state index is 0.404. The van der Waals surface area contributed by atoms with Gasteiger partial charge in [-0.1, -0.05) is 23.8 Å². The SMILES string of the molecule is Cc1ccc(C)c(C(O)C2(C)CCCO2)c1. The quantitative estimate of drug-likeness (QED) is 0.830. The maximum Gasteiger partial charge on any atom is 0.108 e. The smallest absolute Gasteiger partial charge is 0.108 e. The molecule has 2 rings (SSSR count). The van der Waals surface area contributed by atoms with E-state index in [0.717, 1.165) is 30.6 Å². The van der Waals surface area contributed by atoms with E-state index in [1.807, 2.05) is 20.8 Å². The lowest BCUT2D eigenvalue weighted by Gasteiger charge is -2.30. The first-order valence-electron chi connectivity index (χ1n) is 5.92. The Morgan fingerprint density at radius 3 is 2.75 bits per heavy atom. The number of benzene rings is 1. The van der Waals surface area contributed by atoms with Gasteiger partial charge in [0.1, 0.15) is 6.10 Å². The number of hydrogen-bond donors (Lipinski definition) is 1. The van der Waals surface area contributed by atoms with Gasteiger partial charge < -0.3 is 9.84 Å². The lowest BCUT2D eigenvalue weighted by Crippen LogP contribution is -2.32. The highest BCUT2D eigenvalue weighted by atomic mass is 16.5. The lowest BCUT2D eigenvalue weighted by molar-refractivity contribution is -0.0798. The molecule has 1 saturated heterocycles. The molecule has 1 aromatic rings. The molecule has 0 saturated carbocycles. The van der Waals surface area contributed by atoms with Gasteiger partial charge in [-0.25, -0.2) is 0 Å². The zero-order chi connectivity index (χ0) is 11.8. The number of hydrogen-bond acceptors (Lipinski definition) is 2. The Hall–Kier alpha value is -0.860. The van der Waals surface area contributed by atoms with Crippen LogP contribution in [-0.4, -0.2) is 17.3 Å². The third-order valence-electron chi connectivity index (χ3n) is 3.56. The predicted octanol–water partition coefficient (Wildman–Crippen LogP) is 2.91. The second-order valence-electron chi connectivity index (χ2n) is 5.03. The zero-order valence-corrected chi connectivity index (χ0v) is 10.3. The van der Waals surface area contributed by atoms with Crippen LogP contribution in [0.3, 0.4) is 0 Å². The van der Waals surface area contributed by atoms with Gasteiger partial charge in [-0.3, -0.25) is 0 Å². The molecule has 1 fully saturated rings. The highest BCUT2D eigenvalue weighted by molar-refractivity contribution is 5.33. The van der Waals surface area contributed by atoms with Crippen LogP contribution < -0.4 is 0 Å². The average molecular weight is 220 g/mol. The van der Waals surface area contributed by atoms with Crippen LogP contribution in [0.5, 0.6) is 0 Å². The summed E-state index contributed by atoms with van der Waals surface area (Å²) >= 11 is 0. The Bertz CT molecular complexity index is 378. The summed E-state index contributed by atoms with van der Waals surface area (Å²) in [4.78, 5) is 0. The lowest BCUT2D eigenvalue weighted by atomic mass is 9.87. The molecule has 2 nitrogen and oxygen atoms in total. The summed E-state index contributed by atoms with van der Waals surface area (Å²) in [6.45, 7) is 6.86.